The quantitative estimate of drug-likeness (QED) is 0.542. The third-order valence-corrected chi connectivity index (χ3v) is 6.33. The number of ether oxygens (including phenoxy) is 3. The van der Waals surface area contributed by atoms with Gasteiger partial charge in [0.2, 0.25) is 0 Å². The zero-order chi connectivity index (χ0) is 22.6. The molecule has 0 radical (unpaired) electrons. The van der Waals surface area contributed by atoms with Gasteiger partial charge in [-0.05, 0) is 43.6 Å². The van der Waals surface area contributed by atoms with Gasteiger partial charge in [0.25, 0.3) is 11.4 Å². The summed E-state index contributed by atoms with van der Waals surface area (Å²) in [6, 6.07) is 7.71. The maximum Gasteiger partial charge on any atom is 0.257 e. The summed E-state index contributed by atoms with van der Waals surface area (Å²) in [4.78, 5) is 23.7. The van der Waals surface area contributed by atoms with Crippen molar-refractivity contribution in [3.8, 4) is 17.4 Å². The van der Waals surface area contributed by atoms with E-state index in [1.807, 2.05) is 18.3 Å². The van der Waals surface area contributed by atoms with Gasteiger partial charge < -0.3 is 29.0 Å². The number of likely N-dealkylation sites (tertiary alicyclic amines) is 1. The lowest BCUT2D eigenvalue weighted by atomic mass is 10.0. The third kappa shape index (κ3) is 5.43. The Morgan fingerprint density at radius 1 is 1.09 bits per heavy atom. The number of halogens is 1. The predicted molar refractivity (Wildman–Crippen MR) is 131 cm³/mol. The smallest absolute Gasteiger partial charge is 0.257 e. The van der Waals surface area contributed by atoms with Crippen LogP contribution in [0.15, 0.2) is 41.5 Å². The minimum absolute atomic E-state index is 0. The first kappa shape index (κ1) is 24.3. The number of methoxy groups -OCH3 is 1. The fraction of sp³-hybridized carbons (Fsp3) is 0.458. The minimum Gasteiger partial charge on any atom is -0.495 e. The maximum atomic E-state index is 12.5. The SMILES string of the molecule is COc1cnc2ccc(=O)n(CCN3CCC(NCc4cnc5c(c4)OCCO5)CC3)c2c1.Cl. The van der Waals surface area contributed by atoms with Gasteiger partial charge in [-0.25, -0.2) is 4.98 Å². The number of piperidine rings is 1. The van der Waals surface area contributed by atoms with E-state index in [4.69, 9.17) is 14.2 Å². The summed E-state index contributed by atoms with van der Waals surface area (Å²) in [6.07, 6.45) is 5.66. The van der Waals surface area contributed by atoms with Crippen molar-refractivity contribution in [1.29, 1.82) is 0 Å². The molecule has 1 saturated heterocycles. The summed E-state index contributed by atoms with van der Waals surface area (Å²) in [6.45, 7) is 5.33. The van der Waals surface area contributed by atoms with E-state index in [1.165, 1.54) is 0 Å². The summed E-state index contributed by atoms with van der Waals surface area (Å²) in [5.41, 5.74) is 2.70. The molecule has 0 aromatic carbocycles. The fourth-order valence-electron chi connectivity index (χ4n) is 4.43. The van der Waals surface area contributed by atoms with E-state index in [2.05, 4.69) is 20.2 Å². The Hall–Kier alpha value is -2.88. The molecule has 0 spiro atoms. The number of pyridine rings is 3. The van der Waals surface area contributed by atoms with Gasteiger partial charge in [0.05, 0.1) is 24.3 Å². The number of hydrogen-bond donors (Lipinski definition) is 1. The highest BCUT2D eigenvalue weighted by molar-refractivity contribution is 5.85. The van der Waals surface area contributed by atoms with E-state index < -0.39 is 0 Å². The molecule has 1 N–H and O–H groups in total. The van der Waals surface area contributed by atoms with Gasteiger partial charge in [-0.1, -0.05) is 0 Å². The summed E-state index contributed by atoms with van der Waals surface area (Å²) in [5.74, 6) is 1.96. The molecule has 1 fully saturated rings. The van der Waals surface area contributed by atoms with Crippen LogP contribution in [0, 0.1) is 0 Å². The van der Waals surface area contributed by atoms with Crippen molar-refractivity contribution in [2.75, 3.05) is 40.0 Å². The molecule has 182 valence electrons. The Bertz CT molecular complexity index is 1180. The fourth-order valence-corrected chi connectivity index (χ4v) is 4.43. The zero-order valence-corrected chi connectivity index (χ0v) is 20.1. The highest BCUT2D eigenvalue weighted by atomic mass is 35.5. The van der Waals surface area contributed by atoms with Crippen LogP contribution in [0.2, 0.25) is 0 Å². The molecule has 0 aliphatic carbocycles. The van der Waals surface area contributed by atoms with Gasteiger partial charge in [0.15, 0.2) is 5.75 Å². The van der Waals surface area contributed by atoms with Crippen molar-refractivity contribution < 1.29 is 14.2 Å². The Labute approximate surface area is 204 Å². The Kier molecular flexibility index (Phi) is 7.87. The number of rotatable bonds is 7. The Morgan fingerprint density at radius 2 is 1.91 bits per heavy atom. The number of nitrogens with one attached hydrogen (secondary N) is 1. The molecule has 3 aromatic rings. The zero-order valence-electron chi connectivity index (χ0n) is 19.2. The van der Waals surface area contributed by atoms with Crippen LogP contribution >= 0.6 is 12.4 Å². The molecule has 0 amide bonds. The third-order valence-electron chi connectivity index (χ3n) is 6.33. The first-order valence-electron chi connectivity index (χ1n) is 11.4. The largest absolute Gasteiger partial charge is 0.495 e. The molecule has 0 saturated carbocycles. The van der Waals surface area contributed by atoms with Crippen LogP contribution in [0.1, 0.15) is 18.4 Å². The minimum atomic E-state index is -0.0119. The van der Waals surface area contributed by atoms with Crippen LogP contribution in [0.4, 0.5) is 0 Å². The van der Waals surface area contributed by atoms with Crippen LogP contribution < -0.4 is 25.1 Å². The van der Waals surface area contributed by atoms with Gasteiger partial charge in [0, 0.05) is 44.0 Å². The summed E-state index contributed by atoms with van der Waals surface area (Å²) >= 11 is 0. The topological polar surface area (TPSA) is 90.7 Å². The second kappa shape index (κ2) is 11.0. The van der Waals surface area contributed by atoms with Crippen LogP contribution in [-0.2, 0) is 13.1 Å². The van der Waals surface area contributed by atoms with Crippen molar-refractivity contribution in [2.45, 2.75) is 32.0 Å². The normalized spacial score (nSPS) is 16.3. The Balaban J connectivity index is 0.00000274. The predicted octanol–water partition coefficient (Wildman–Crippen LogP) is 2.25. The molecule has 0 atom stereocenters. The first-order valence-corrected chi connectivity index (χ1v) is 11.4. The van der Waals surface area contributed by atoms with E-state index in [-0.39, 0.29) is 18.0 Å². The lowest BCUT2D eigenvalue weighted by molar-refractivity contribution is 0.164. The average molecular weight is 488 g/mol. The van der Waals surface area contributed by atoms with Gasteiger partial charge in [-0.3, -0.25) is 9.78 Å². The second-order valence-corrected chi connectivity index (χ2v) is 8.44. The van der Waals surface area contributed by atoms with Crippen LogP contribution in [-0.4, -0.2) is 65.4 Å². The van der Waals surface area contributed by atoms with Crippen LogP contribution in [0.25, 0.3) is 11.0 Å². The van der Waals surface area contributed by atoms with Crippen molar-refractivity contribution in [3.63, 3.8) is 0 Å². The molecule has 10 heteroatoms. The van der Waals surface area contributed by atoms with Gasteiger partial charge >= 0.3 is 0 Å². The molecule has 5 heterocycles. The first-order chi connectivity index (χ1) is 16.2. The average Bonchev–Trinajstić information content (AvgIpc) is 2.87. The lowest BCUT2D eigenvalue weighted by Gasteiger charge is -2.32. The molecule has 0 unspecified atom stereocenters. The molecule has 3 aromatic heterocycles. The van der Waals surface area contributed by atoms with Crippen LogP contribution in [0.5, 0.6) is 17.4 Å². The molecule has 0 bridgehead atoms. The summed E-state index contributed by atoms with van der Waals surface area (Å²) in [5, 5.41) is 3.64. The maximum absolute atomic E-state index is 12.5. The van der Waals surface area contributed by atoms with E-state index >= 15 is 0 Å². The highest BCUT2D eigenvalue weighted by Crippen LogP contribution is 2.28. The summed E-state index contributed by atoms with van der Waals surface area (Å²) < 4.78 is 18.2. The Morgan fingerprint density at radius 3 is 2.74 bits per heavy atom. The van der Waals surface area contributed by atoms with E-state index in [9.17, 15) is 4.79 Å². The molecule has 2 aliphatic rings. The highest BCUT2D eigenvalue weighted by Gasteiger charge is 2.20. The van der Waals surface area contributed by atoms with Gasteiger partial charge in [-0.15, -0.1) is 12.4 Å². The van der Waals surface area contributed by atoms with E-state index in [0.717, 1.165) is 61.4 Å². The van der Waals surface area contributed by atoms with Crippen molar-refractivity contribution in [3.05, 3.63) is 52.6 Å². The van der Waals surface area contributed by atoms with Gasteiger partial charge in [-0.2, -0.15) is 0 Å². The van der Waals surface area contributed by atoms with E-state index in [1.54, 1.807) is 30.0 Å². The number of fused-ring (bicyclic) bond motifs is 2. The molecule has 2 aliphatic heterocycles. The molecular weight excluding hydrogens is 458 g/mol. The van der Waals surface area contributed by atoms with Crippen molar-refractivity contribution in [2.24, 2.45) is 0 Å². The molecule has 5 rings (SSSR count). The molecule has 9 nitrogen and oxygen atoms in total. The number of hydrogen-bond acceptors (Lipinski definition) is 8. The summed E-state index contributed by atoms with van der Waals surface area (Å²) in [7, 11) is 1.61. The molecule has 34 heavy (non-hydrogen) atoms. The van der Waals surface area contributed by atoms with Crippen molar-refractivity contribution in [1.82, 2.24) is 24.8 Å². The second-order valence-electron chi connectivity index (χ2n) is 8.44. The monoisotopic (exact) mass is 487 g/mol. The lowest BCUT2D eigenvalue weighted by Crippen LogP contribution is -2.43. The van der Waals surface area contributed by atoms with E-state index in [0.29, 0.717) is 37.4 Å². The standard InChI is InChI=1S/C24H29N5O4.ClH/c1-31-19-13-21-20(26-16-19)2-3-23(30)29(21)9-8-28-6-4-18(5-7-28)25-14-17-12-22-24(27-15-17)33-11-10-32-22;/h2-3,12-13,15-16,18,25H,4-11,14H2,1H3;1H. The number of nitrogens with zero attached hydrogens (tertiary/aromatic N) is 4. The molecular formula is C24H30ClN5O4. The van der Waals surface area contributed by atoms with Gasteiger partial charge in [0.1, 0.15) is 19.0 Å². The van der Waals surface area contributed by atoms with Crippen LogP contribution in [0.3, 0.4) is 0 Å². The number of aromatic nitrogens is 3. The van der Waals surface area contributed by atoms with Crippen molar-refractivity contribution >= 4 is 23.4 Å².